The molecule has 1 aliphatic rings. The Kier molecular flexibility index (Phi) is 5.12. The van der Waals surface area contributed by atoms with Crippen molar-refractivity contribution in [3.05, 3.63) is 0 Å². The minimum absolute atomic E-state index is 0.0990. The Balaban J connectivity index is 2.67. The molecule has 1 rings (SSSR count). The summed E-state index contributed by atoms with van der Waals surface area (Å²) >= 11 is 0. The lowest BCUT2D eigenvalue weighted by molar-refractivity contribution is 0.0122. The Bertz CT molecular complexity index is 430. The molecule has 1 fully saturated rings. The van der Waals surface area contributed by atoms with Crippen LogP contribution in [-0.2, 0) is 13.8 Å². The summed E-state index contributed by atoms with van der Waals surface area (Å²) in [5.41, 5.74) is -0.550. The van der Waals surface area contributed by atoms with Crippen LogP contribution >= 0.6 is 10.7 Å². The van der Waals surface area contributed by atoms with E-state index in [1.165, 1.54) is 0 Å². The third-order valence-electron chi connectivity index (χ3n) is 2.83. The van der Waals surface area contributed by atoms with Gasteiger partial charge >= 0.3 is 6.09 Å². The molecule has 0 N–H and O–H groups in total. The van der Waals surface area contributed by atoms with Crippen LogP contribution in [0.1, 0.15) is 34.1 Å². The fourth-order valence-corrected chi connectivity index (χ4v) is 3.70. The first-order valence-corrected chi connectivity index (χ1v) is 8.84. The molecule has 1 saturated heterocycles. The van der Waals surface area contributed by atoms with Crippen molar-refractivity contribution < 1.29 is 17.9 Å². The maximum Gasteiger partial charge on any atom is 0.410 e. The molecule has 1 heterocycles. The molecule has 2 atom stereocenters. The Labute approximate surface area is 119 Å². The van der Waals surface area contributed by atoms with Crippen molar-refractivity contribution in [2.24, 2.45) is 11.8 Å². The van der Waals surface area contributed by atoms with Crippen molar-refractivity contribution in [1.29, 1.82) is 0 Å². The highest BCUT2D eigenvalue weighted by Crippen LogP contribution is 2.25. The van der Waals surface area contributed by atoms with Crippen molar-refractivity contribution in [3.63, 3.8) is 0 Å². The molecule has 2 unspecified atom stereocenters. The molecular formula is C12H22ClNO4S. The Morgan fingerprint density at radius 1 is 1.37 bits per heavy atom. The summed E-state index contributed by atoms with van der Waals surface area (Å²) in [4.78, 5) is 13.6. The van der Waals surface area contributed by atoms with Gasteiger partial charge in [-0.1, -0.05) is 6.92 Å². The van der Waals surface area contributed by atoms with Gasteiger partial charge in [0.1, 0.15) is 5.60 Å². The fourth-order valence-electron chi connectivity index (χ4n) is 2.36. The van der Waals surface area contributed by atoms with E-state index in [-0.39, 0.29) is 17.6 Å². The molecule has 0 spiro atoms. The van der Waals surface area contributed by atoms with Crippen LogP contribution in [0.2, 0.25) is 0 Å². The first-order valence-electron chi connectivity index (χ1n) is 6.36. The molecule has 0 aromatic carbocycles. The van der Waals surface area contributed by atoms with Crippen molar-refractivity contribution in [1.82, 2.24) is 4.90 Å². The van der Waals surface area contributed by atoms with Crippen LogP contribution in [0.5, 0.6) is 0 Å². The van der Waals surface area contributed by atoms with Crippen molar-refractivity contribution >= 4 is 25.8 Å². The van der Waals surface area contributed by atoms with Gasteiger partial charge in [-0.25, -0.2) is 13.2 Å². The summed E-state index contributed by atoms with van der Waals surface area (Å²) in [5.74, 6) is 0.0153. The number of hydrogen-bond donors (Lipinski definition) is 0. The van der Waals surface area contributed by atoms with Gasteiger partial charge in [0, 0.05) is 23.8 Å². The molecule has 0 bridgehead atoms. The standard InChI is InChI=1S/C12H22ClNO4S/c1-9-5-10(8-19(13,16)17)7-14(6-9)11(15)18-12(2,3)4/h9-10H,5-8H2,1-4H3. The van der Waals surface area contributed by atoms with Gasteiger partial charge in [-0.05, 0) is 39.0 Å². The second-order valence-corrected chi connectivity index (χ2v) is 9.12. The largest absolute Gasteiger partial charge is 0.444 e. The summed E-state index contributed by atoms with van der Waals surface area (Å²) in [6, 6.07) is 0. The second kappa shape index (κ2) is 5.87. The predicted molar refractivity (Wildman–Crippen MR) is 74.7 cm³/mol. The topological polar surface area (TPSA) is 63.7 Å². The van der Waals surface area contributed by atoms with E-state index in [1.54, 1.807) is 25.7 Å². The van der Waals surface area contributed by atoms with Crippen LogP contribution in [0, 0.1) is 11.8 Å². The van der Waals surface area contributed by atoms with Crippen LogP contribution in [0.4, 0.5) is 4.79 Å². The summed E-state index contributed by atoms with van der Waals surface area (Å²) in [6.07, 6.45) is 0.363. The monoisotopic (exact) mass is 311 g/mol. The summed E-state index contributed by atoms with van der Waals surface area (Å²) in [6.45, 7) is 8.38. The van der Waals surface area contributed by atoms with E-state index >= 15 is 0 Å². The quantitative estimate of drug-likeness (QED) is 0.735. The highest BCUT2D eigenvalue weighted by Gasteiger charge is 2.32. The maximum absolute atomic E-state index is 12.0. The summed E-state index contributed by atoms with van der Waals surface area (Å²) in [7, 11) is 1.75. The van der Waals surface area contributed by atoms with Crippen LogP contribution in [-0.4, -0.2) is 43.9 Å². The average molecular weight is 312 g/mol. The number of halogens is 1. The van der Waals surface area contributed by atoms with E-state index < -0.39 is 20.7 Å². The van der Waals surface area contributed by atoms with Crippen molar-refractivity contribution in [3.8, 4) is 0 Å². The predicted octanol–water partition coefficient (Wildman–Crippen LogP) is 2.45. The van der Waals surface area contributed by atoms with E-state index in [0.29, 0.717) is 13.1 Å². The normalized spacial score (nSPS) is 25.2. The molecule has 1 aliphatic heterocycles. The number of hydrogen-bond acceptors (Lipinski definition) is 4. The van der Waals surface area contributed by atoms with Crippen LogP contribution in [0.25, 0.3) is 0 Å². The van der Waals surface area contributed by atoms with Gasteiger partial charge in [-0.3, -0.25) is 0 Å². The van der Waals surface area contributed by atoms with E-state index in [0.717, 1.165) is 6.42 Å². The minimum Gasteiger partial charge on any atom is -0.444 e. The Morgan fingerprint density at radius 2 is 1.95 bits per heavy atom. The highest BCUT2D eigenvalue weighted by atomic mass is 35.7. The first-order chi connectivity index (χ1) is 8.46. The van der Waals surface area contributed by atoms with Gasteiger partial charge in [0.05, 0.1) is 5.75 Å². The smallest absolute Gasteiger partial charge is 0.410 e. The van der Waals surface area contributed by atoms with Crippen LogP contribution in [0.15, 0.2) is 0 Å². The fraction of sp³-hybridized carbons (Fsp3) is 0.917. The minimum atomic E-state index is -3.54. The first kappa shape index (κ1) is 16.6. The molecule has 0 aromatic heterocycles. The van der Waals surface area contributed by atoms with Gasteiger partial charge < -0.3 is 9.64 Å². The molecule has 19 heavy (non-hydrogen) atoms. The van der Waals surface area contributed by atoms with Gasteiger partial charge in [0.2, 0.25) is 9.05 Å². The van der Waals surface area contributed by atoms with E-state index in [1.807, 2.05) is 6.92 Å². The lowest BCUT2D eigenvalue weighted by Crippen LogP contribution is -2.46. The van der Waals surface area contributed by atoms with E-state index in [4.69, 9.17) is 15.4 Å². The Hall–Kier alpha value is -0.490. The number of rotatable bonds is 2. The van der Waals surface area contributed by atoms with Crippen LogP contribution < -0.4 is 0 Å². The summed E-state index contributed by atoms with van der Waals surface area (Å²) < 4.78 is 27.6. The van der Waals surface area contributed by atoms with Gasteiger partial charge in [0.15, 0.2) is 0 Å². The third-order valence-corrected chi connectivity index (χ3v) is 4.08. The number of likely N-dealkylation sites (tertiary alicyclic amines) is 1. The SMILES string of the molecule is CC1CC(CS(=O)(=O)Cl)CN(C(=O)OC(C)(C)C)C1. The molecular weight excluding hydrogens is 290 g/mol. The lowest BCUT2D eigenvalue weighted by atomic mass is 9.92. The zero-order valence-electron chi connectivity index (χ0n) is 11.8. The Morgan fingerprint density at radius 3 is 2.42 bits per heavy atom. The van der Waals surface area contributed by atoms with E-state index in [2.05, 4.69) is 0 Å². The van der Waals surface area contributed by atoms with Gasteiger partial charge in [0.25, 0.3) is 0 Å². The zero-order chi connectivity index (χ0) is 14.8. The average Bonchev–Trinajstić information content (AvgIpc) is 2.10. The third kappa shape index (κ3) is 6.47. The number of carbonyl (C=O) groups excluding carboxylic acids is 1. The zero-order valence-corrected chi connectivity index (χ0v) is 13.4. The maximum atomic E-state index is 12.0. The number of piperidine rings is 1. The highest BCUT2D eigenvalue weighted by molar-refractivity contribution is 8.13. The molecule has 0 saturated carbocycles. The number of amides is 1. The van der Waals surface area contributed by atoms with Gasteiger partial charge in [-0.2, -0.15) is 0 Å². The molecule has 5 nitrogen and oxygen atoms in total. The van der Waals surface area contributed by atoms with Crippen molar-refractivity contribution in [2.45, 2.75) is 39.7 Å². The van der Waals surface area contributed by atoms with Crippen LogP contribution in [0.3, 0.4) is 0 Å². The van der Waals surface area contributed by atoms with Gasteiger partial charge in [-0.15, -0.1) is 0 Å². The molecule has 0 radical (unpaired) electrons. The van der Waals surface area contributed by atoms with Crippen molar-refractivity contribution in [2.75, 3.05) is 18.8 Å². The lowest BCUT2D eigenvalue weighted by Gasteiger charge is -2.36. The molecule has 0 aromatic rings. The number of nitrogens with zero attached hydrogens (tertiary/aromatic N) is 1. The molecule has 0 aliphatic carbocycles. The van der Waals surface area contributed by atoms with E-state index in [9.17, 15) is 13.2 Å². The summed E-state index contributed by atoms with van der Waals surface area (Å²) in [5, 5.41) is 0. The molecule has 7 heteroatoms. The number of carbonyl (C=O) groups is 1. The second-order valence-electron chi connectivity index (χ2n) is 6.30. The molecule has 112 valence electrons. The number of ether oxygens (including phenoxy) is 1. The molecule has 1 amide bonds.